The minimum absolute atomic E-state index is 0.905. The normalized spacial score (nSPS) is 11.9. The second kappa shape index (κ2) is 12.5. The Hall–Kier alpha value is -7.62. The van der Waals surface area contributed by atoms with E-state index in [1.807, 2.05) is 12.1 Å². The second-order valence-corrected chi connectivity index (χ2v) is 14.9. The fourth-order valence-corrected chi connectivity index (χ4v) is 9.06. The molecule has 0 aliphatic carbocycles. The van der Waals surface area contributed by atoms with Crippen LogP contribution in [0.3, 0.4) is 0 Å². The van der Waals surface area contributed by atoms with Crippen molar-refractivity contribution in [3.8, 4) is 16.8 Å². The number of nitrogens with zero attached hydrogens (tertiary/aromatic N) is 2. The molecule has 0 amide bonds. The number of anilines is 3. The van der Waals surface area contributed by atoms with Gasteiger partial charge in [0.25, 0.3) is 0 Å². The quantitative estimate of drug-likeness (QED) is 0.176. The summed E-state index contributed by atoms with van der Waals surface area (Å²) in [6.45, 7) is 0. The van der Waals surface area contributed by atoms with E-state index >= 15 is 0 Å². The molecule has 0 radical (unpaired) electrons. The van der Waals surface area contributed by atoms with Crippen molar-refractivity contribution >= 4 is 93.1 Å². The van der Waals surface area contributed by atoms with Gasteiger partial charge in [-0.3, -0.25) is 0 Å². The van der Waals surface area contributed by atoms with Crippen LogP contribution in [0.25, 0.3) is 92.9 Å². The van der Waals surface area contributed by atoms with Gasteiger partial charge in [-0.1, -0.05) is 133 Å². The SMILES string of the molecule is c1ccc(-c2cc(N(c3ccc4cc5oc6ccccc6c5cc4c3)c3ccc4c(c3)c3ccccc3n4-c3cccc4ccccc34)c3ccccc3c2)cc1. The zero-order valence-corrected chi connectivity index (χ0v) is 30.9. The predicted octanol–water partition coefficient (Wildman–Crippen LogP) is 15.3. The van der Waals surface area contributed by atoms with Crippen LogP contribution in [0, 0.1) is 0 Å². The summed E-state index contributed by atoms with van der Waals surface area (Å²) in [7, 11) is 0. The Morgan fingerprint density at radius 1 is 0.333 bits per heavy atom. The van der Waals surface area contributed by atoms with Crippen LogP contribution in [0.15, 0.2) is 211 Å². The Bertz CT molecular complexity index is 3530. The third-order valence-corrected chi connectivity index (χ3v) is 11.7. The van der Waals surface area contributed by atoms with Crippen molar-refractivity contribution in [2.45, 2.75) is 0 Å². The van der Waals surface area contributed by atoms with Gasteiger partial charge in [-0.2, -0.15) is 0 Å². The average molecular weight is 727 g/mol. The maximum Gasteiger partial charge on any atom is 0.136 e. The highest BCUT2D eigenvalue weighted by Gasteiger charge is 2.21. The minimum Gasteiger partial charge on any atom is -0.456 e. The summed E-state index contributed by atoms with van der Waals surface area (Å²) < 4.78 is 8.74. The largest absolute Gasteiger partial charge is 0.456 e. The summed E-state index contributed by atoms with van der Waals surface area (Å²) in [6.07, 6.45) is 0. The molecular weight excluding hydrogens is 693 g/mol. The molecule has 266 valence electrons. The standard InChI is InChI=1S/C54H34N2O/c1-2-13-35(14-3-1)39-29-38-16-5-7-19-44(38)52(32-39)55(41-26-25-37-33-54-48(31-40(37)30-41)46-21-9-11-24-53(46)57-54)42-27-28-51-47(34-42)45-20-8-10-22-50(45)56(51)49-23-12-17-36-15-4-6-18-43(36)49/h1-34H. The van der Waals surface area contributed by atoms with Crippen LogP contribution in [0.2, 0.25) is 0 Å². The molecule has 3 nitrogen and oxygen atoms in total. The van der Waals surface area contributed by atoms with Gasteiger partial charge in [0.1, 0.15) is 11.2 Å². The molecule has 0 atom stereocenters. The highest BCUT2D eigenvalue weighted by atomic mass is 16.3. The van der Waals surface area contributed by atoms with E-state index in [2.05, 4.69) is 204 Å². The first-order valence-electron chi connectivity index (χ1n) is 19.5. The second-order valence-electron chi connectivity index (χ2n) is 14.9. The van der Waals surface area contributed by atoms with Crippen LogP contribution in [-0.4, -0.2) is 4.57 Å². The van der Waals surface area contributed by atoms with Gasteiger partial charge in [-0.25, -0.2) is 0 Å². The molecule has 12 rings (SSSR count). The van der Waals surface area contributed by atoms with Crippen LogP contribution in [-0.2, 0) is 0 Å². The lowest BCUT2D eigenvalue weighted by atomic mass is 9.98. The molecule has 10 aromatic carbocycles. The molecule has 2 heterocycles. The van der Waals surface area contributed by atoms with Crippen LogP contribution < -0.4 is 4.90 Å². The minimum atomic E-state index is 0.905. The van der Waals surface area contributed by atoms with Crippen LogP contribution in [0.5, 0.6) is 0 Å². The van der Waals surface area contributed by atoms with E-state index in [4.69, 9.17) is 4.42 Å². The van der Waals surface area contributed by atoms with Crippen LogP contribution in [0.1, 0.15) is 0 Å². The maximum absolute atomic E-state index is 6.30. The number of hydrogen-bond donors (Lipinski definition) is 0. The Morgan fingerprint density at radius 2 is 1.02 bits per heavy atom. The van der Waals surface area contributed by atoms with Crippen molar-refractivity contribution in [3.05, 3.63) is 206 Å². The molecular formula is C54H34N2O. The first kappa shape index (κ1) is 31.7. The number of para-hydroxylation sites is 2. The van der Waals surface area contributed by atoms with E-state index in [0.29, 0.717) is 0 Å². The molecule has 0 N–H and O–H groups in total. The number of rotatable bonds is 5. The Balaban J connectivity index is 1.14. The smallest absolute Gasteiger partial charge is 0.136 e. The fraction of sp³-hybridized carbons (Fsp3) is 0. The number of fused-ring (bicyclic) bond motifs is 9. The molecule has 3 heteroatoms. The van der Waals surface area contributed by atoms with Crippen molar-refractivity contribution in [2.24, 2.45) is 0 Å². The van der Waals surface area contributed by atoms with Gasteiger partial charge in [-0.15, -0.1) is 0 Å². The Labute approximate surface area is 328 Å². The Morgan fingerprint density at radius 3 is 1.91 bits per heavy atom. The van der Waals surface area contributed by atoms with Crippen molar-refractivity contribution in [3.63, 3.8) is 0 Å². The van der Waals surface area contributed by atoms with E-state index < -0.39 is 0 Å². The average Bonchev–Trinajstić information content (AvgIpc) is 3.80. The first-order chi connectivity index (χ1) is 28.2. The molecule has 0 unspecified atom stereocenters. The van der Waals surface area contributed by atoms with Gasteiger partial charge in [0.15, 0.2) is 0 Å². The van der Waals surface area contributed by atoms with E-state index in [9.17, 15) is 0 Å². The number of benzene rings is 10. The Kier molecular flexibility index (Phi) is 6.93. The van der Waals surface area contributed by atoms with Gasteiger partial charge >= 0.3 is 0 Å². The predicted molar refractivity (Wildman–Crippen MR) is 241 cm³/mol. The van der Waals surface area contributed by atoms with Crippen molar-refractivity contribution in [1.29, 1.82) is 0 Å². The molecule has 0 fully saturated rings. The van der Waals surface area contributed by atoms with Crippen molar-refractivity contribution in [2.75, 3.05) is 4.90 Å². The molecule has 0 aliphatic rings. The lowest BCUT2D eigenvalue weighted by Gasteiger charge is -2.28. The first-order valence-corrected chi connectivity index (χ1v) is 19.5. The monoisotopic (exact) mass is 726 g/mol. The third-order valence-electron chi connectivity index (χ3n) is 11.7. The summed E-state index contributed by atoms with van der Waals surface area (Å²) >= 11 is 0. The zero-order chi connectivity index (χ0) is 37.5. The van der Waals surface area contributed by atoms with Gasteiger partial charge in [-0.05, 0) is 105 Å². The van der Waals surface area contributed by atoms with Crippen molar-refractivity contribution < 1.29 is 4.42 Å². The van der Waals surface area contributed by atoms with Gasteiger partial charge in [0, 0.05) is 43.7 Å². The van der Waals surface area contributed by atoms with E-state index in [1.54, 1.807) is 0 Å². The summed E-state index contributed by atoms with van der Waals surface area (Å²) in [5.41, 5.74) is 11.0. The molecule has 0 saturated carbocycles. The highest BCUT2D eigenvalue weighted by Crippen LogP contribution is 2.45. The third kappa shape index (κ3) is 4.99. The van der Waals surface area contributed by atoms with Crippen molar-refractivity contribution in [1.82, 2.24) is 4.57 Å². The summed E-state index contributed by atoms with van der Waals surface area (Å²) in [5, 5.41) is 11.8. The van der Waals surface area contributed by atoms with Gasteiger partial charge in [0.05, 0.1) is 22.4 Å². The fourth-order valence-electron chi connectivity index (χ4n) is 9.06. The number of furan rings is 1. The maximum atomic E-state index is 6.30. The van der Waals surface area contributed by atoms with Gasteiger partial charge in [0.2, 0.25) is 0 Å². The van der Waals surface area contributed by atoms with E-state index in [1.165, 1.54) is 60.2 Å². The van der Waals surface area contributed by atoms with Gasteiger partial charge < -0.3 is 13.9 Å². The van der Waals surface area contributed by atoms with Crippen LogP contribution in [0.4, 0.5) is 17.1 Å². The molecule has 12 aromatic rings. The zero-order valence-electron chi connectivity index (χ0n) is 30.9. The summed E-state index contributed by atoms with van der Waals surface area (Å²) in [5.74, 6) is 0. The number of aromatic nitrogens is 1. The van der Waals surface area contributed by atoms with Crippen LogP contribution >= 0.6 is 0 Å². The summed E-state index contributed by atoms with van der Waals surface area (Å²) in [4.78, 5) is 2.45. The molecule has 0 saturated heterocycles. The highest BCUT2D eigenvalue weighted by molar-refractivity contribution is 6.14. The molecule has 0 bridgehead atoms. The number of hydrogen-bond acceptors (Lipinski definition) is 2. The molecule has 0 spiro atoms. The lowest BCUT2D eigenvalue weighted by molar-refractivity contribution is 0.669. The lowest BCUT2D eigenvalue weighted by Crippen LogP contribution is -2.11. The molecule has 2 aromatic heterocycles. The topological polar surface area (TPSA) is 21.3 Å². The molecule has 57 heavy (non-hydrogen) atoms. The van der Waals surface area contributed by atoms with E-state index in [-0.39, 0.29) is 0 Å². The summed E-state index contributed by atoms with van der Waals surface area (Å²) in [6, 6.07) is 74.8. The molecule has 0 aliphatic heterocycles. The van der Waals surface area contributed by atoms with E-state index in [0.717, 1.165) is 49.8 Å².